The SMILES string of the molecule is COc1ccc(N(CC(=O)NCc2ccccc2)S(=O)(=O)c2ccc(F)cc2)cc1. The van der Waals surface area contributed by atoms with Crippen molar-refractivity contribution in [3.05, 3.63) is 90.2 Å². The minimum absolute atomic E-state index is 0.115. The number of anilines is 1. The second-order valence-corrected chi connectivity index (χ2v) is 8.29. The fraction of sp³-hybridized carbons (Fsp3) is 0.136. The maximum atomic E-state index is 13.3. The molecule has 1 amide bonds. The van der Waals surface area contributed by atoms with Crippen LogP contribution in [-0.4, -0.2) is 28.0 Å². The van der Waals surface area contributed by atoms with Crippen molar-refractivity contribution in [1.29, 1.82) is 0 Å². The largest absolute Gasteiger partial charge is 0.497 e. The summed E-state index contributed by atoms with van der Waals surface area (Å²) in [5.41, 5.74) is 1.18. The smallest absolute Gasteiger partial charge is 0.264 e. The first kappa shape index (κ1) is 21.3. The van der Waals surface area contributed by atoms with Gasteiger partial charge in [-0.05, 0) is 54.1 Å². The zero-order valence-corrected chi connectivity index (χ0v) is 17.1. The minimum Gasteiger partial charge on any atom is -0.497 e. The summed E-state index contributed by atoms with van der Waals surface area (Å²) < 4.78 is 45.8. The van der Waals surface area contributed by atoms with Crippen molar-refractivity contribution in [1.82, 2.24) is 5.32 Å². The van der Waals surface area contributed by atoms with Crippen LogP contribution in [0.1, 0.15) is 5.56 Å². The summed E-state index contributed by atoms with van der Waals surface area (Å²) in [6.07, 6.45) is 0. The molecule has 0 aromatic heterocycles. The Morgan fingerprint density at radius 3 is 2.20 bits per heavy atom. The molecule has 0 aliphatic heterocycles. The monoisotopic (exact) mass is 428 g/mol. The molecule has 3 rings (SSSR count). The lowest BCUT2D eigenvalue weighted by Crippen LogP contribution is -2.40. The molecule has 0 fully saturated rings. The highest BCUT2D eigenvalue weighted by Gasteiger charge is 2.27. The number of rotatable bonds is 8. The van der Waals surface area contributed by atoms with Crippen LogP contribution in [-0.2, 0) is 21.4 Å². The summed E-state index contributed by atoms with van der Waals surface area (Å²) in [6, 6.07) is 20.0. The van der Waals surface area contributed by atoms with E-state index in [9.17, 15) is 17.6 Å². The van der Waals surface area contributed by atoms with Gasteiger partial charge < -0.3 is 10.1 Å². The van der Waals surface area contributed by atoms with E-state index in [2.05, 4.69) is 5.32 Å². The van der Waals surface area contributed by atoms with E-state index in [1.807, 2.05) is 30.3 Å². The average Bonchev–Trinajstić information content (AvgIpc) is 2.77. The van der Waals surface area contributed by atoms with E-state index >= 15 is 0 Å². The maximum Gasteiger partial charge on any atom is 0.264 e. The van der Waals surface area contributed by atoms with Gasteiger partial charge in [-0.25, -0.2) is 12.8 Å². The van der Waals surface area contributed by atoms with Gasteiger partial charge in [0.25, 0.3) is 10.0 Å². The summed E-state index contributed by atoms with van der Waals surface area (Å²) >= 11 is 0. The lowest BCUT2D eigenvalue weighted by Gasteiger charge is -2.24. The van der Waals surface area contributed by atoms with E-state index in [1.165, 1.54) is 19.2 Å². The van der Waals surface area contributed by atoms with Crippen LogP contribution >= 0.6 is 0 Å². The summed E-state index contributed by atoms with van der Waals surface area (Å²) in [6.45, 7) is -0.161. The molecule has 0 atom stereocenters. The van der Waals surface area contributed by atoms with Crippen LogP contribution < -0.4 is 14.4 Å². The number of benzene rings is 3. The van der Waals surface area contributed by atoms with Crippen molar-refractivity contribution in [3.8, 4) is 5.75 Å². The van der Waals surface area contributed by atoms with Gasteiger partial charge in [0, 0.05) is 6.54 Å². The highest BCUT2D eigenvalue weighted by atomic mass is 32.2. The number of carbonyl (C=O) groups is 1. The van der Waals surface area contributed by atoms with Gasteiger partial charge in [0.05, 0.1) is 17.7 Å². The van der Waals surface area contributed by atoms with Crippen molar-refractivity contribution < 1.29 is 22.3 Å². The molecule has 8 heteroatoms. The van der Waals surface area contributed by atoms with Gasteiger partial charge in [-0.15, -0.1) is 0 Å². The molecule has 0 radical (unpaired) electrons. The highest BCUT2D eigenvalue weighted by molar-refractivity contribution is 7.92. The molecule has 30 heavy (non-hydrogen) atoms. The van der Waals surface area contributed by atoms with E-state index in [4.69, 9.17) is 4.74 Å². The minimum atomic E-state index is -4.10. The molecule has 6 nitrogen and oxygen atoms in total. The number of amides is 1. The van der Waals surface area contributed by atoms with E-state index < -0.39 is 28.3 Å². The number of halogens is 1. The molecular weight excluding hydrogens is 407 g/mol. The Hall–Kier alpha value is -3.39. The molecule has 156 valence electrons. The number of sulfonamides is 1. The zero-order valence-electron chi connectivity index (χ0n) is 16.3. The third-order valence-corrected chi connectivity index (χ3v) is 6.17. The molecule has 3 aromatic carbocycles. The molecule has 0 saturated heterocycles. The van der Waals surface area contributed by atoms with Crippen LogP contribution in [0.5, 0.6) is 5.75 Å². The van der Waals surface area contributed by atoms with Gasteiger partial charge in [-0.2, -0.15) is 0 Å². The second kappa shape index (κ2) is 9.41. The molecule has 1 N–H and O–H groups in total. The quantitative estimate of drug-likeness (QED) is 0.597. The van der Waals surface area contributed by atoms with Crippen LogP contribution in [0.4, 0.5) is 10.1 Å². The molecular formula is C22H21FN2O4S. The number of hydrogen-bond donors (Lipinski definition) is 1. The molecule has 0 aliphatic rings. The molecule has 0 heterocycles. The molecule has 0 unspecified atom stereocenters. The van der Waals surface area contributed by atoms with Gasteiger partial charge in [0.1, 0.15) is 18.1 Å². The topological polar surface area (TPSA) is 75.7 Å². The van der Waals surface area contributed by atoms with Crippen molar-refractivity contribution in [2.45, 2.75) is 11.4 Å². The van der Waals surface area contributed by atoms with Gasteiger partial charge in [-0.1, -0.05) is 30.3 Å². The van der Waals surface area contributed by atoms with Crippen LogP contribution in [0.15, 0.2) is 83.8 Å². The Kier molecular flexibility index (Phi) is 6.68. The number of methoxy groups -OCH3 is 1. The summed E-state index contributed by atoms with van der Waals surface area (Å²) in [7, 11) is -2.60. The average molecular weight is 428 g/mol. The van der Waals surface area contributed by atoms with Crippen LogP contribution in [0, 0.1) is 5.82 Å². The Morgan fingerprint density at radius 2 is 1.60 bits per heavy atom. The highest BCUT2D eigenvalue weighted by Crippen LogP contribution is 2.25. The Bertz CT molecular complexity index is 1090. The Labute approximate surface area is 175 Å². The number of ether oxygens (including phenoxy) is 1. The predicted octanol–water partition coefficient (Wildman–Crippen LogP) is 3.35. The van der Waals surface area contributed by atoms with Crippen molar-refractivity contribution >= 4 is 21.6 Å². The van der Waals surface area contributed by atoms with E-state index in [0.29, 0.717) is 5.75 Å². The number of carbonyl (C=O) groups excluding carboxylic acids is 1. The fourth-order valence-corrected chi connectivity index (χ4v) is 4.20. The zero-order chi connectivity index (χ0) is 21.6. The van der Waals surface area contributed by atoms with Crippen molar-refractivity contribution in [2.24, 2.45) is 0 Å². The van der Waals surface area contributed by atoms with Gasteiger partial charge in [0.15, 0.2) is 0 Å². The number of nitrogens with one attached hydrogen (secondary N) is 1. The maximum absolute atomic E-state index is 13.3. The lowest BCUT2D eigenvalue weighted by atomic mass is 10.2. The van der Waals surface area contributed by atoms with E-state index in [1.54, 1.807) is 24.3 Å². The molecule has 0 spiro atoms. The summed E-state index contributed by atoms with van der Waals surface area (Å²) in [5.74, 6) is -0.475. The third kappa shape index (κ3) is 5.15. The molecule has 0 aliphatic carbocycles. The third-order valence-electron chi connectivity index (χ3n) is 4.38. The summed E-state index contributed by atoms with van der Waals surface area (Å²) in [5, 5.41) is 2.72. The molecule has 0 saturated carbocycles. The van der Waals surface area contributed by atoms with Crippen LogP contribution in [0.25, 0.3) is 0 Å². The predicted molar refractivity (Wildman–Crippen MR) is 112 cm³/mol. The molecule has 0 bridgehead atoms. The Morgan fingerprint density at radius 1 is 0.967 bits per heavy atom. The normalized spacial score (nSPS) is 11.0. The first-order valence-corrected chi connectivity index (χ1v) is 10.6. The van der Waals surface area contributed by atoms with Crippen LogP contribution in [0.3, 0.4) is 0 Å². The Balaban J connectivity index is 1.86. The second-order valence-electron chi connectivity index (χ2n) is 6.43. The first-order valence-electron chi connectivity index (χ1n) is 9.13. The van der Waals surface area contributed by atoms with Gasteiger partial charge >= 0.3 is 0 Å². The number of hydrogen-bond acceptors (Lipinski definition) is 4. The van der Waals surface area contributed by atoms with Crippen molar-refractivity contribution in [3.63, 3.8) is 0 Å². The van der Waals surface area contributed by atoms with Crippen molar-refractivity contribution in [2.75, 3.05) is 18.0 Å². The molecule has 3 aromatic rings. The van der Waals surface area contributed by atoms with Crippen LogP contribution in [0.2, 0.25) is 0 Å². The standard InChI is InChI=1S/C22H21FN2O4S/c1-29-20-11-9-19(10-12-20)25(30(27,28)21-13-7-18(23)8-14-21)16-22(26)24-15-17-5-3-2-4-6-17/h2-14H,15-16H2,1H3,(H,24,26). The summed E-state index contributed by atoms with van der Waals surface area (Å²) in [4.78, 5) is 12.4. The van der Waals surface area contributed by atoms with E-state index in [-0.39, 0.29) is 17.1 Å². The van der Waals surface area contributed by atoms with E-state index in [0.717, 1.165) is 22.0 Å². The fourth-order valence-electron chi connectivity index (χ4n) is 2.78. The number of nitrogens with zero attached hydrogens (tertiary/aromatic N) is 1. The van der Waals surface area contributed by atoms with Gasteiger partial charge in [0.2, 0.25) is 5.91 Å². The van der Waals surface area contributed by atoms with Gasteiger partial charge in [-0.3, -0.25) is 9.10 Å². The lowest BCUT2D eigenvalue weighted by molar-refractivity contribution is -0.119. The first-order chi connectivity index (χ1) is 14.4.